The van der Waals surface area contributed by atoms with E-state index in [-0.39, 0.29) is 12.0 Å². The van der Waals surface area contributed by atoms with Gasteiger partial charge in [0.15, 0.2) is 11.8 Å². The van der Waals surface area contributed by atoms with Crippen LogP contribution in [0.25, 0.3) is 33.4 Å². The predicted octanol–water partition coefficient (Wildman–Crippen LogP) is 2.75. The molecule has 0 radical (unpaired) electrons. The summed E-state index contributed by atoms with van der Waals surface area (Å²) in [4.78, 5) is 18.8. The second kappa shape index (κ2) is 8.65. The minimum absolute atomic E-state index is 0.350. The molecule has 0 bridgehead atoms. The maximum atomic E-state index is 12.8. The van der Waals surface area contributed by atoms with E-state index in [2.05, 4.69) is 15.2 Å². The fourth-order valence-electron chi connectivity index (χ4n) is 4.25. The predicted molar refractivity (Wildman–Crippen MR) is 125 cm³/mol. The third-order valence-electron chi connectivity index (χ3n) is 6.15. The lowest BCUT2D eigenvalue weighted by Gasteiger charge is -2.31. The first-order valence-corrected chi connectivity index (χ1v) is 10.9. The highest BCUT2D eigenvalue weighted by Crippen LogP contribution is 2.34. The number of nitrogens with zero attached hydrogens (tertiary/aromatic N) is 3. The van der Waals surface area contributed by atoms with Gasteiger partial charge in [-0.3, -0.25) is 9.89 Å². The fourth-order valence-corrected chi connectivity index (χ4v) is 4.25. The van der Waals surface area contributed by atoms with Crippen molar-refractivity contribution in [2.45, 2.75) is 25.0 Å². The van der Waals surface area contributed by atoms with E-state index in [1.807, 2.05) is 30.3 Å². The number of pyridine rings is 1. The Kier molecular flexibility index (Phi) is 5.53. The smallest absolute Gasteiger partial charge is 0.263 e. The number of rotatable bonds is 4. The summed E-state index contributed by atoms with van der Waals surface area (Å²) in [7, 11) is 0. The molecule has 33 heavy (non-hydrogen) atoms. The van der Waals surface area contributed by atoms with E-state index in [9.17, 15) is 15.0 Å². The standard InChI is InChI=1S/C25H24N4O4/c30-18-8-10-29(11-9-18)25(33)23(32)16-5-3-4-15(12-16)17-13-20-22(27-28-24(20)26-14-17)19-6-1-2-7-21(19)31/h1-7,12-14,18,23,30-32H,8-11H2,(H,26,27,28)/p+1. The molecule has 4 aromatic rings. The number of piperidine rings is 1. The molecule has 8 nitrogen and oxygen atoms in total. The Labute approximate surface area is 190 Å². The van der Waals surface area contributed by atoms with Crippen LogP contribution < -0.4 is 0 Å². The number of fused-ring (bicyclic) bond motifs is 1. The van der Waals surface area contributed by atoms with E-state index in [1.165, 1.54) is 0 Å². The van der Waals surface area contributed by atoms with Gasteiger partial charge in [0.25, 0.3) is 11.7 Å². The van der Waals surface area contributed by atoms with Gasteiger partial charge in [0.1, 0.15) is 0 Å². The largest absolute Gasteiger partial charge is 0.593 e. The molecule has 3 heterocycles. The number of aliphatic hydroxyl groups is 2. The molecule has 5 rings (SSSR count). The highest BCUT2D eigenvalue weighted by molar-refractivity contribution is 5.94. The van der Waals surface area contributed by atoms with E-state index >= 15 is 0 Å². The number of carbonyl (C=O) groups excluding carboxylic acids is 1. The van der Waals surface area contributed by atoms with Crippen LogP contribution in [-0.2, 0) is 4.79 Å². The van der Waals surface area contributed by atoms with Crippen molar-refractivity contribution < 1.29 is 20.1 Å². The first-order valence-electron chi connectivity index (χ1n) is 10.9. The summed E-state index contributed by atoms with van der Waals surface area (Å²) >= 11 is 0. The van der Waals surface area contributed by atoms with Gasteiger partial charge in [0.2, 0.25) is 0 Å². The average molecular weight is 445 g/mol. The summed E-state index contributed by atoms with van der Waals surface area (Å²) in [6, 6.07) is 16.5. The number of hydrogen-bond donors (Lipinski definition) is 3. The second-order valence-electron chi connectivity index (χ2n) is 8.32. The Balaban J connectivity index is 1.46. The van der Waals surface area contributed by atoms with Crippen LogP contribution in [-0.4, -0.2) is 60.5 Å². The van der Waals surface area contributed by atoms with Crippen LogP contribution in [0.2, 0.25) is 0 Å². The molecular weight excluding hydrogens is 420 g/mol. The van der Waals surface area contributed by atoms with Crippen molar-refractivity contribution in [1.29, 1.82) is 0 Å². The van der Waals surface area contributed by atoms with Gasteiger partial charge < -0.3 is 20.2 Å². The van der Waals surface area contributed by atoms with Crippen molar-refractivity contribution in [1.82, 2.24) is 20.1 Å². The Bertz CT molecular complexity index is 1310. The second-order valence-corrected chi connectivity index (χ2v) is 8.32. The zero-order valence-corrected chi connectivity index (χ0v) is 17.9. The summed E-state index contributed by atoms with van der Waals surface area (Å²) in [5.41, 5.74) is 4.15. The monoisotopic (exact) mass is 445 g/mol. The number of carbonyl (C=O) groups is 1. The molecule has 0 saturated carbocycles. The molecule has 8 heteroatoms. The van der Waals surface area contributed by atoms with Crippen molar-refractivity contribution >= 4 is 16.9 Å². The van der Waals surface area contributed by atoms with E-state index in [4.69, 9.17) is 5.11 Å². The topological polar surface area (TPSA) is 125 Å². The molecule has 1 unspecified atom stereocenters. The normalized spacial score (nSPS) is 15.6. The number of H-pyrrole nitrogens is 1. The molecule has 1 aliphatic heterocycles. The maximum Gasteiger partial charge on any atom is 0.263 e. The third-order valence-corrected chi connectivity index (χ3v) is 6.15. The first-order chi connectivity index (χ1) is 16.0. The van der Waals surface area contributed by atoms with Crippen molar-refractivity contribution in [2.24, 2.45) is 0 Å². The molecule has 1 atom stereocenters. The number of hydrogen-bond acceptors (Lipinski definition) is 5. The lowest BCUT2D eigenvalue weighted by Crippen LogP contribution is -2.42. The van der Waals surface area contributed by atoms with Gasteiger partial charge in [-0.05, 0) is 42.2 Å². The van der Waals surface area contributed by atoms with Gasteiger partial charge in [-0.1, -0.05) is 30.3 Å². The Morgan fingerprint density at radius 3 is 2.67 bits per heavy atom. The highest BCUT2D eigenvalue weighted by Gasteiger charge is 2.27. The maximum absolute atomic E-state index is 12.8. The molecule has 1 aliphatic rings. The van der Waals surface area contributed by atoms with Crippen molar-refractivity contribution in [3.05, 3.63) is 66.4 Å². The van der Waals surface area contributed by atoms with Crippen molar-refractivity contribution in [3.8, 4) is 28.1 Å². The minimum atomic E-state index is -1.27. The van der Waals surface area contributed by atoms with Crippen molar-refractivity contribution in [2.75, 3.05) is 13.1 Å². The van der Waals surface area contributed by atoms with Crippen LogP contribution in [0, 0.1) is 0 Å². The quantitative estimate of drug-likeness (QED) is 0.417. The number of aromatic nitrogens is 3. The number of benzene rings is 2. The van der Waals surface area contributed by atoms with Gasteiger partial charge in [-0.15, -0.1) is 0 Å². The van der Waals surface area contributed by atoms with Gasteiger partial charge in [-0.25, -0.2) is 4.98 Å². The minimum Gasteiger partial charge on any atom is -0.593 e. The number of likely N-dealkylation sites (tertiary alicyclic amines) is 1. The molecule has 1 saturated heterocycles. The lowest BCUT2D eigenvalue weighted by molar-refractivity contribution is -0.142. The van der Waals surface area contributed by atoms with E-state index < -0.39 is 6.10 Å². The molecule has 0 spiro atoms. The summed E-state index contributed by atoms with van der Waals surface area (Å²) in [5, 5.41) is 36.7. The zero-order valence-electron chi connectivity index (χ0n) is 17.9. The van der Waals surface area contributed by atoms with Gasteiger partial charge in [0, 0.05) is 36.3 Å². The van der Waals surface area contributed by atoms with Crippen LogP contribution in [0.15, 0.2) is 60.8 Å². The molecule has 1 fully saturated rings. The number of aliphatic hydroxyl groups excluding tert-OH is 2. The Hall–Kier alpha value is -3.75. The van der Waals surface area contributed by atoms with Gasteiger partial charge >= 0.3 is 0 Å². The molecule has 5 N–H and O–H groups in total. The fraction of sp³-hybridized carbons (Fsp3) is 0.240. The third kappa shape index (κ3) is 4.06. The van der Waals surface area contributed by atoms with Gasteiger partial charge in [0.05, 0.1) is 17.4 Å². The Morgan fingerprint density at radius 2 is 1.88 bits per heavy atom. The van der Waals surface area contributed by atoms with E-state index in [0.29, 0.717) is 42.9 Å². The summed E-state index contributed by atoms with van der Waals surface area (Å²) in [5.74, 6) is 0.0408. The number of aromatic amines is 1. The Morgan fingerprint density at radius 1 is 1.09 bits per heavy atom. The van der Waals surface area contributed by atoms with Crippen LogP contribution in [0.4, 0.5) is 0 Å². The molecule has 2 aromatic carbocycles. The lowest BCUT2D eigenvalue weighted by atomic mass is 9.99. The summed E-state index contributed by atoms with van der Waals surface area (Å²) < 4.78 is 0. The number of amides is 1. The highest BCUT2D eigenvalue weighted by atomic mass is 16.3. The molecular formula is C25H25N4O4+. The molecule has 1 amide bonds. The molecule has 168 valence electrons. The van der Waals surface area contributed by atoms with Crippen LogP contribution in [0.5, 0.6) is 5.75 Å². The summed E-state index contributed by atoms with van der Waals surface area (Å²) in [6.07, 6.45) is 1.11. The number of nitrogens with one attached hydrogen (secondary N) is 1. The first kappa shape index (κ1) is 21.1. The number of para-hydroxylation sites is 1. The SMILES string of the molecule is O=C(C(O)c1cccc(-c2cnc3n[nH]c(-c4ccccc4[OH2+])c3c2)c1)N1CCC(O)CC1. The zero-order chi connectivity index (χ0) is 22.9. The molecule has 2 aromatic heterocycles. The van der Waals surface area contributed by atoms with Crippen LogP contribution in [0.1, 0.15) is 24.5 Å². The van der Waals surface area contributed by atoms with Crippen LogP contribution >= 0.6 is 0 Å². The van der Waals surface area contributed by atoms with E-state index in [1.54, 1.807) is 35.4 Å². The average Bonchev–Trinajstić information content (AvgIpc) is 3.27. The van der Waals surface area contributed by atoms with E-state index in [0.717, 1.165) is 27.8 Å². The van der Waals surface area contributed by atoms with Gasteiger partial charge in [-0.2, -0.15) is 5.10 Å². The van der Waals surface area contributed by atoms with Crippen molar-refractivity contribution in [3.63, 3.8) is 0 Å². The molecule has 0 aliphatic carbocycles. The van der Waals surface area contributed by atoms with Crippen LogP contribution in [0.3, 0.4) is 0 Å². The summed E-state index contributed by atoms with van der Waals surface area (Å²) in [6.45, 7) is 0.885.